The van der Waals surface area contributed by atoms with Crippen LogP contribution in [0.2, 0.25) is 0 Å². The minimum absolute atomic E-state index is 0.000785. The van der Waals surface area contributed by atoms with Gasteiger partial charge in [-0.15, -0.1) is 0 Å². The number of hydrogen-bond donors (Lipinski definition) is 1. The van der Waals surface area contributed by atoms with Crippen molar-refractivity contribution in [1.29, 1.82) is 0 Å². The van der Waals surface area contributed by atoms with Crippen molar-refractivity contribution in [2.24, 2.45) is 17.3 Å². The highest BCUT2D eigenvalue weighted by Gasteiger charge is 2.38. The van der Waals surface area contributed by atoms with Crippen molar-refractivity contribution in [2.75, 3.05) is 51.7 Å². The van der Waals surface area contributed by atoms with Crippen LogP contribution >= 0.6 is 0 Å². The van der Waals surface area contributed by atoms with Crippen LogP contribution in [0.3, 0.4) is 0 Å². The fourth-order valence-electron chi connectivity index (χ4n) is 4.73. The van der Waals surface area contributed by atoms with E-state index in [-0.39, 0.29) is 41.4 Å². The number of anilines is 1. The lowest BCUT2D eigenvalue weighted by Gasteiger charge is -2.34. The number of hydrogen-bond acceptors (Lipinski definition) is 4. The molecule has 2 fully saturated rings. The molecule has 1 unspecified atom stereocenters. The number of nitrogens with one attached hydrogen (secondary N) is 1. The maximum Gasteiger partial charge on any atom is 0.228 e. The molecule has 0 aliphatic carbocycles. The molecule has 7 nitrogen and oxygen atoms in total. The van der Waals surface area contributed by atoms with E-state index in [4.69, 9.17) is 0 Å². The van der Waals surface area contributed by atoms with E-state index >= 15 is 0 Å². The van der Waals surface area contributed by atoms with Crippen molar-refractivity contribution in [2.45, 2.75) is 33.1 Å². The average molecular weight is 429 g/mol. The second-order valence-electron chi connectivity index (χ2n) is 9.96. The molecule has 2 aliphatic heterocycles. The van der Waals surface area contributed by atoms with Crippen LogP contribution in [-0.2, 0) is 14.4 Å². The standard InChI is InChI=1S/C24H36N4O3/c1-24(2,17-26(3)4)16-25-22(30)18-10-12-27(13-11-18)23(31)19-14-21(29)28(15-19)20-8-6-5-7-9-20/h5-9,18-19H,10-17H2,1-4H3,(H,25,30). The highest BCUT2D eigenvalue weighted by Crippen LogP contribution is 2.28. The van der Waals surface area contributed by atoms with Crippen LogP contribution in [0.4, 0.5) is 5.69 Å². The van der Waals surface area contributed by atoms with Gasteiger partial charge in [-0.25, -0.2) is 0 Å². The molecule has 3 amide bonds. The molecule has 2 saturated heterocycles. The van der Waals surface area contributed by atoms with Crippen LogP contribution < -0.4 is 10.2 Å². The summed E-state index contributed by atoms with van der Waals surface area (Å²) in [5.74, 6) is -0.225. The lowest BCUT2D eigenvalue weighted by Crippen LogP contribution is -2.47. The molecule has 3 rings (SSSR count). The minimum Gasteiger partial charge on any atom is -0.355 e. The number of para-hydroxylation sites is 1. The first-order chi connectivity index (χ1) is 14.7. The third-order valence-electron chi connectivity index (χ3n) is 6.20. The number of benzene rings is 1. The molecule has 0 bridgehead atoms. The molecule has 1 aromatic carbocycles. The van der Waals surface area contributed by atoms with Crippen molar-refractivity contribution in [3.05, 3.63) is 30.3 Å². The van der Waals surface area contributed by atoms with Gasteiger partial charge < -0.3 is 20.0 Å². The Morgan fingerprint density at radius 2 is 1.74 bits per heavy atom. The molecule has 1 aromatic rings. The summed E-state index contributed by atoms with van der Waals surface area (Å²) in [5.41, 5.74) is 0.852. The number of carbonyl (C=O) groups is 3. The second-order valence-corrected chi connectivity index (χ2v) is 9.96. The third-order valence-corrected chi connectivity index (χ3v) is 6.20. The van der Waals surface area contributed by atoms with E-state index in [1.165, 1.54) is 0 Å². The average Bonchev–Trinajstić information content (AvgIpc) is 3.13. The van der Waals surface area contributed by atoms with Crippen LogP contribution in [0.1, 0.15) is 33.1 Å². The predicted molar refractivity (Wildman–Crippen MR) is 122 cm³/mol. The number of carbonyl (C=O) groups excluding carboxylic acids is 3. The lowest BCUT2D eigenvalue weighted by molar-refractivity contribution is -0.139. The Morgan fingerprint density at radius 1 is 1.10 bits per heavy atom. The molecule has 1 N–H and O–H groups in total. The van der Waals surface area contributed by atoms with Gasteiger partial charge in [0, 0.05) is 50.7 Å². The smallest absolute Gasteiger partial charge is 0.228 e. The molecule has 170 valence electrons. The van der Waals surface area contributed by atoms with Gasteiger partial charge in [-0.2, -0.15) is 0 Å². The predicted octanol–water partition coefficient (Wildman–Crippen LogP) is 1.98. The fraction of sp³-hybridized carbons (Fsp3) is 0.625. The first kappa shape index (κ1) is 23.3. The Hall–Kier alpha value is -2.41. The molecular weight excluding hydrogens is 392 g/mol. The maximum absolute atomic E-state index is 13.0. The van der Waals surface area contributed by atoms with Gasteiger partial charge in [-0.3, -0.25) is 14.4 Å². The monoisotopic (exact) mass is 428 g/mol. The van der Waals surface area contributed by atoms with Gasteiger partial charge in [0.25, 0.3) is 0 Å². The Balaban J connectivity index is 1.47. The van der Waals surface area contributed by atoms with Crippen molar-refractivity contribution >= 4 is 23.4 Å². The molecule has 0 saturated carbocycles. The number of nitrogens with zero attached hydrogens (tertiary/aromatic N) is 3. The summed E-state index contributed by atoms with van der Waals surface area (Å²) in [6.07, 6.45) is 1.61. The summed E-state index contributed by atoms with van der Waals surface area (Å²) in [4.78, 5) is 43.7. The second kappa shape index (κ2) is 9.81. The number of likely N-dealkylation sites (tertiary alicyclic amines) is 1. The first-order valence-electron chi connectivity index (χ1n) is 11.2. The van der Waals surface area contributed by atoms with E-state index in [1.807, 2.05) is 49.3 Å². The van der Waals surface area contributed by atoms with Gasteiger partial charge in [-0.1, -0.05) is 32.0 Å². The van der Waals surface area contributed by atoms with Gasteiger partial charge in [0.05, 0.1) is 5.92 Å². The molecule has 0 radical (unpaired) electrons. The zero-order valence-corrected chi connectivity index (χ0v) is 19.3. The Morgan fingerprint density at radius 3 is 2.35 bits per heavy atom. The van der Waals surface area contributed by atoms with Crippen molar-refractivity contribution < 1.29 is 14.4 Å². The molecule has 31 heavy (non-hydrogen) atoms. The summed E-state index contributed by atoms with van der Waals surface area (Å²) in [5, 5.41) is 3.11. The van der Waals surface area contributed by atoms with Gasteiger partial charge >= 0.3 is 0 Å². The molecule has 0 aromatic heterocycles. The topological polar surface area (TPSA) is 73.0 Å². The number of piperidine rings is 1. The van der Waals surface area contributed by atoms with E-state index in [0.29, 0.717) is 39.0 Å². The third kappa shape index (κ3) is 6.06. The van der Waals surface area contributed by atoms with Crippen LogP contribution in [-0.4, -0.2) is 74.3 Å². The van der Waals surface area contributed by atoms with Crippen LogP contribution in [0.5, 0.6) is 0 Å². The summed E-state index contributed by atoms with van der Waals surface area (Å²) in [6.45, 7) is 7.43. The quantitative estimate of drug-likeness (QED) is 0.721. The van der Waals surface area contributed by atoms with E-state index in [0.717, 1.165) is 12.2 Å². The van der Waals surface area contributed by atoms with Gasteiger partial charge in [-0.05, 0) is 44.5 Å². The van der Waals surface area contributed by atoms with E-state index < -0.39 is 0 Å². The Labute approximate surface area is 185 Å². The van der Waals surface area contributed by atoms with E-state index in [1.54, 1.807) is 4.90 Å². The van der Waals surface area contributed by atoms with Crippen molar-refractivity contribution in [1.82, 2.24) is 15.1 Å². The first-order valence-corrected chi connectivity index (χ1v) is 11.2. The fourth-order valence-corrected chi connectivity index (χ4v) is 4.73. The van der Waals surface area contributed by atoms with Gasteiger partial charge in [0.2, 0.25) is 17.7 Å². The maximum atomic E-state index is 13.0. The zero-order valence-electron chi connectivity index (χ0n) is 19.3. The largest absolute Gasteiger partial charge is 0.355 e. The number of amides is 3. The van der Waals surface area contributed by atoms with Crippen molar-refractivity contribution in [3.8, 4) is 0 Å². The van der Waals surface area contributed by atoms with Gasteiger partial charge in [0.1, 0.15) is 0 Å². The lowest BCUT2D eigenvalue weighted by atomic mass is 9.91. The highest BCUT2D eigenvalue weighted by atomic mass is 16.2. The SMILES string of the molecule is CN(C)CC(C)(C)CNC(=O)C1CCN(C(=O)C2CC(=O)N(c3ccccc3)C2)CC1. The summed E-state index contributed by atoms with van der Waals surface area (Å²) in [7, 11) is 4.07. The molecule has 2 aliphatic rings. The van der Waals surface area contributed by atoms with Gasteiger partial charge in [0.15, 0.2) is 0 Å². The Kier molecular flexibility index (Phi) is 7.36. The number of rotatable bonds is 7. The van der Waals surface area contributed by atoms with Crippen LogP contribution in [0.25, 0.3) is 0 Å². The molecule has 0 spiro atoms. The normalized spacial score (nSPS) is 20.4. The summed E-state index contributed by atoms with van der Waals surface area (Å²) in [6, 6.07) is 9.50. The highest BCUT2D eigenvalue weighted by molar-refractivity contribution is 6.00. The van der Waals surface area contributed by atoms with Crippen LogP contribution in [0.15, 0.2) is 30.3 Å². The summed E-state index contributed by atoms with van der Waals surface area (Å²) >= 11 is 0. The molecule has 2 heterocycles. The minimum atomic E-state index is -0.301. The van der Waals surface area contributed by atoms with Crippen LogP contribution in [0, 0.1) is 17.3 Å². The molecule has 1 atom stereocenters. The Bertz CT molecular complexity index is 785. The van der Waals surface area contributed by atoms with Crippen molar-refractivity contribution in [3.63, 3.8) is 0 Å². The zero-order chi connectivity index (χ0) is 22.6. The molecular formula is C24H36N4O3. The van der Waals surface area contributed by atoms with E-state index in [2.05, 4.69) is 24.1 Å². The molecule has 7 heteroatoms. The summed E-state index contributed by atoms with van der Waals surface area (Å²) < 4.78 is 0. The van der Waals surface area contributed by atoms with E-state index in [9.17, 15) is 14.4 Å².